The molecule has 0 radical (unpaired) electrons. The molecule has 0 N–H and O–H groups in total. The Balaban J connectivity index is 2.26. The number of aryl methyl sites for hydroxylation is 1. The first-order valence-corrected chi connectivity index (χ1v) is 6.59. The van der Waals surface area contributed by atoms with Crippen molar-refractivity contribution in [1.29, 1.82) is 0 Å². The summed E-state index contributed by atoms with van der Waals surface area (Å²) < 4.78 is 0. The van der Waals surface area contributed by atoms with Gasteiger partial charge >= 0.3 is 0 Å². The minimum absolute atomic E-state index is 0.00293. The lowest BCUT2D eigenvalue weighted by atomic mass is 9.89. The highest BCUT2D eigenvalue weighted by molar-refractivity contribution is 5.94. The Morgan fingerprint density at radius 2 is 2.06 bits per heavy atom. The smallest absolute Gasteiger partial charge is 0.183 e. The quantitative estimate of drug-likeness (QED) is 0.752. The van der Waals surface area contributed by atoms with Crippen molar-refractivity contribution in [1.82, 2.24) is 9.97 Å². The van der Waals surface area contributed by atoms with Gasteiger partial charge in [-0.05, 0) is 18.3 Å². The molecule has 1 heterocycles. The second-order valence-electron chi connectivity index (χ2n) is 7.10. The number of hydrogen-bond acceptors (Lipinski definition) is 3. The maximum absolute atomic E-state index is 12.1. The summed E-state index contributed by atoms with van der Waals surface area (Å²) in [5.41, 5.74) is 2.71. The molecule has 0 unspecified atom stereocenters. The molecule has 98 valence electrons. The van der Waals surface area contributed by atoms with Gasteiger partial charge in [0.1, 0.15) is 5.69 Å². The summed E-state index contributed by atoms with van der Waals surface area (Å²) in [6, 6.07) is 0. The SMILES string of the molecule is CC(C)(C)CC(=O)c1cnc2c(n1)CCC2(C)C. The summed E-state index contributed by atoms with van der Waals surface area (Å²) in [6.07, 6.45) is 4.18. The van der Waals surface area contributed by atoms with Crippen LogP contribution in [0, 0.1) is 5.41 Å². The van der Waals surface area contributed by atoms with Crippen LogP contribution in [0.15, 0.2) is 6.20 Å². The van der Waals surface area contributed by atoms with Crippen LogP contribution >= 0.6 is 0 Å². The normalized spacial score (nSPS) is 17.6. The van der Waals surface area contributed by atoms with Crippen molar-refractivity contribution >= 4 is 5.78 Å². The van der Waals surface area contributed by atoms with E-state index in [0.717, 1.165) is 24.2 Å². The van der Waals surface area contributed by atoms with Gasteiger partial charge in [-0.1, -0.05) is 34.6 Å². The van der Waals surface area contributed by atoms with E-state index in [1.807, 2.05) is 0 Å². The number of Topliss-reactive ketones (excluding diaryl/α,β-unsaturated/α-hetero) is 1. The van der Waals surface area contributed by atoms with Crippen molar-refractivity contribution in [2.24, 2.45) is 5.41 Å². The minimum atomic E-state index is -0.00293. The van der Waals surface area contributed by atoms with Gasteiger partial charge in [0.2, 0.25) is 0 Å². The second kappa shape index (κ2) is 4.15. The van der Waals surface area contributed by atoms with E-state index < -0.39 is 0 Å². The first kappa shape index (κ1) is 13.2. The molecule has 18 heavy (non-hydrogen) atoms. The molecule has 0 aromatic carbocycles. The van der Waals surface area contributed by atoms with Crippen LogP contribution in [0.5, 0.6) is 0 Å². The fourth-order valence-corrected chi connectivity index (χ4v) is 2.42. The van der Waals surface area contributed by atoms with Crippen molar-refractivity contribution in [3.63, 3.8) is 0 Å². The molecule has 3 heteroatoms. The Bertz CT molecular complexity index is 484. The zero-order valence-electron chi connectivity index (χ0n) is 12.0. The fraction of sp³-hybridized carbons (Fsp3) is 0.667. The molecule has 0 bridgehead atoms. The number of aromatic nitrogens is 2. The Morgan fingerprint density at radius 1 is 1.39 bits per heavy atom. The van der Waals surface area contributed by atoms with Crippen molar-refractivity contribution in [3.05, 3.63) is 23.3 Å². The predicted molar refractivity (Wildman–Crippen MR) is 71.8 cm³/mol. The molecule has 0 fully saturated rings. The highest BCUT2D eigenvalue weighted by atomic mass is 16.1. The van der Waals surface area contributed by atoms with E-state index in [1.165, 1.54) is 0 Å². The summed E-state index contributed by atoms with van der Waals surface area (Å²) in [7, 11) is 0. The molecule has 2 rings (SSSR count). The van der Waals surface area contributed by atoms with Gasteiger partial charge in [0.15, 0.2) is 5.78 Å². The van der Waals surface area contributed by atoms with Gasteiger partial charge in [0, 0.05) is 11.8 Å². The minimum Gasteiger partial charge on any atom is -0.292 e. The van der Waals surface area contributed by atoms with E-state index in [2.05, 4.69) is 44.6 Å². The molecule has 1 aliphatic rings. The van der Waals surface area contributed by atoms with Gasteiger partial charge in [-0.3, -0.25) is 9.78 Å². The number of carbonyl (C=O) groups is 1. The lowest BCUT2D eigenvalue weighted by Crippen LogP contribution is -2.17. The van der Waals surface area contributed by atoms with Crippen LogP contribution in [-0.2, 0) is 11.8 Å². The third-order valence-electron chi connectivity index (χ3n) is 3.45. The van der Waals surface area contributed by atoms with Crippen LogP contribution < -0.4 is 0 Å². The summed E-state index contributed by atoms with van der Waals surface area (Å²) >= 11 is 0. The van der Waals surface area contributed by atoms with Crippen molar-refractivity contribution in [2.75, 3.05) is 0 Å². The summed E-state index contributed by atoms with van der Waals surface area (Å²) in [5.74, 6) is 0.0995. The van der Waals surface area contributed by atoms with Crippen molar-refractivity contribution in [2.45, 2.75) is 59.3 Å². The average Bonchev–Trinajstić information content (AvgIpc) is 2.52. The number of fused-ring (bicyclic) bond motifs is 1. The van der Waals surface area contributed by atoms with Crippen LogP contribution in [0.1, 0.15) is 69.3 Å². The van der Waals surface area contributed by atoms with E-state index in [0.29, 0.717) is 12.1 Å². The third kappa shape index (κ3) is 2.60. The predicted octanol–water partition coefficient (Wildman–Crippen LogP) is 3.32. The lowest BCUT2D eigenvalue weighted by Gasteiger charge is -2.18. The van der Waals surface area contributed by atoms with Gasteiger partial charge in [-0.15, -0.1) is 0 Å². The molecular weight excluding hydrogens is 224 g/mol. The average molecular weight is 246 g/mol. The topological polar surface area (TPSA) is 42.9 Å². The van der Waals surface area contributed by atoms with E-state index in [4.69, 9.17) is 0 Å². The van der Waals surface area contributed by atoms with Crippen LogP contribution in [0.4, 0.5) is 0 Å². The Morgan fingerprint density at radius 3 is 2.67 bits per heavy atom. The van der Waals surface area contributed by atoms with Gasteiger partial charge in [-0.2, -0.15) is 0 Å². The zero-order chi connectivity index (χ0) is 13.6. The number of ketones is 1. The highest BCUT2D eigenvalue weighted by Crippen LogP contribution is 2.35. The van der Waals surface area contributed by atoms with Crippen LogP contribution in [-0.4, -0.2) is 15.8 Å². The molecule has 0 atom stereocenters. The van der Waals surface area contributed by atoms with Crippen LogP contribution in [0.2, 0.25) is 0 Å². The molecular formula is C15H22N2O. The molecule has 0 spiro atoms. The maximum Gasteiger partial charge on any atom is 0.183 e. The molecule has 1 aromatic heterocycles. The molecule has 0 amide bonds. The van der Waals surface area contributed by atoms with E-state index in [9.17, 15) is 4.79 Å². The number of carbonyl (C=O) groups excluding carboxylic acids is 1. The first-order chi connectivity index (χ1) is 8.19. The van der Waals surface area contributed by atoms with E-state index >= 15 is 0 Å². The second-order valence-corrected chi connectivity index (χ2v) is 7.10. The van der Waals surface area contributed by atoms with Gasteiger partial charge in [-0.25, -0.2) is 4.98 Å². The van der Waals surface area contributed by atoms with Crippen molar-refractivity contribution in [3.8, 4) is 0 Å². The fourth-order valence-electron chi connectivity index (χ4n) is 2.42. The van der Waals surface area contributed by atoms with Crippen LogP contribution in [0.3, 0.4) is 0 Å². The first-order valence-electron chi connectivity index (χ1n) is 6.59. The standard InChI is InChI=1S/C15H22N2O/c1-14(2,3)8-12(18)11-9-16-13-10(17-11)6-7-15(13,4)5/h9H,6-8H2,1-5H3. The molecule has 0 saturated heterocycles. The Labute approximate surface area is 109 Å². The maximum atomic E-state index is 12.1. The molecule has 1 aliphatic carbocycles. The molecule has 1 aromatic rings. The van der Waals surface area contributed by atoms with Crippen molar-refractivity contribution < 1.29 is 4.79 Å². The van der Waals surface area contributed by atoms with E-state index in [-0.39, 0.29) is 16.6 Å². The number of rotatable bonds is 2. The molecule has 0 aliphatic heterocycles. The molecule has 0 saturated carbocycles. The third-order valence-corrected chi connectivity index (χ3v) is 3.45. The summed E-state index contributed by atoms with van der Waals surface area (Å²) in [6.45, 7) is 10.6. The van der Waals surface area contributed by atoms with Gasteiger partial charge in [0.05, 0.1) is 17.6 Å². The van der Waals surface area contributed by atoms with E-state index in [1.54, 1.807) is 6.20 Å². The number of hydrogen-bond donors (Lipinski definition) is 0. The largest absolute Gasteiger partial charge is 0.292 e. The zero-order valence-corrected chi connectivity index (χ0v) is 12.0. The highest BCUT2D eigenvalue weighted by Gasteiger charge is 2.33. The Hall–Kier alpha value is -1.25. The summed E-state index contributed by atoms with van der Waals surface area (Å²) in [4.78, 5) is 21.1. The Kier molecular flexibility index (Phi) is 3.04. The molecule has 3 nitrogen and oxygen atoms in total. The lowest BCUT2D eigenvalue weighted by molar-refractivity contribution is 0.0934. The van der Waals surface area contributed by atoms with Crippen LogP contribution in [0.25, 0.3) is 0 Å². The monoisotopic (exact) mass is 246 g/mol. The van der Waals surface area contributed by atoms with Gasteiger partial charge < -0.3 is 0 Å². The summed E-state index contributed by atoms with van der Waals surface area (Å²) in [5, 5.41) is 0. The number of nitrogens with zero attached hydrogens (tertiary/aromatic N) is 2. The van der Waals surface area contributed by atoms with Gasteiger partial charge in [0.25, 0.3) is 0 Å².